The van der Waals surface area contributed by atoms with E-state index in [4.69, 9.17) is 19.7 Å². The van der Waals surface area contributed by atoms with E-state index in [1.54, 1.807) is 0 Å². The van der Waals surface area contributed by atoms with Gasteiger partial charge in [0.15, 0.2) is 0 Å². The van der Waals surface area contributed by atoms with Crippen LogP contribution in [0.4, 0.5) is 17.8 Å². The standard InChI is InChI=1S/C31H38N8O/c1-24-12-14-26(15-13-24)40-21-20-39-23-25(27-10-4-5-11-28(27)39)22-32-36-29-33-30(37-16-6-2-7-17-37)35-31(34-29)38-18-8-3-9-19-38/h4-5,10-15,22-23H,2-3,6-9,16-21H2,1H3,(H,33,34,35,36)/b32-22+. The van der Waals surface area contributed by atoms with Crippen LogP contribution in [-0.4, -0.2) is 58.5 Å². The van der Waals surface area contributed by atoms with E-state index in [0.29, 0.717) is 12.6 Å². The van der Waals surface area contributed by atoms with Gasteiger partial charge in [-0.3, -0.25) is 0 Å². The van der Waals surface area contributed by atoms with Crippen molar-refractivity contribution in [3.05, 3.63) is 65.9 Å². The molecular formula is C31H38N8O. The Morgan fingerprint density at radius 2 is 1.48 bits per heavy atom. The zero-order valence-electron chi connectivity index (χ0n) is 23.3. The van der Waals surface area contributed by atoms with Crippen molar-refractivity contribution in [2.45, 2.75) is 52.0 Å². The van der Waals surface area contributed by atoms with Crippen LogP contribution in [0.5, 0.6) is 5.75 Å². The molecule has 40 heavy (non-hydrogen) atoms. The lowest BCUT2D eigenvalue weighted by Gasteiger charge is -2.30. The monoisotopic (exact) mass is 538 g/mol. The first-order valence-corrected chi connectivity index (χ1v) is 14.6. The van der Waals surface area contributed by atoms with Crippen LogP contribution >= 0.6 is 0 Å². The van der Waals surface area contributed by atoms with E-state index < -0.39 is 0 Å². The fourth-order valence-corrected chi connectivity index (χ4v) is 5.49. The normalized spacial score (nSPS) is 16.1. The number of aryl methyl sites for hydroxylation is 1. The van der Waals surface area contributed by atoms with Crippen LogP contribution in [0, 0.1) is 6.92 Å². The number of piperidine rings is 2. The summed E-state index contributed by atoms with van der Waals surface area (Å²) >= 11 is 0. The molecule has 9 nitrogen and oxygen atoms in total. The number of nitrogens with zero attached hydrogens (tertiary/aromatic N) is 7. The van der Waals surface area contributed by atoms with Crippen LogP contribution in [0.2, 0.25) is 0 Å². The quantitative estimate of drug-likeness (QED) is 0.218. The van der Waals surface area contributed by atoms with Gasteiger partial charge in [-0.1, -0.05) is 35.9 Å². The van der Waals surface area contributed by atoms with Crippen LogP contribution in [0.25, 0.3) is 10.9 Å². The first-order valence-electron chi connectivity index (χ1n) is 14.6. The van der Waals surface area contributed by atoms with Gasteiger partial charge in [-0.2, -0.15) is 20.1 Å². The third-order valence-corrected chi connectivity index (χ3v) is 7.70. The van der Waals surface area contributed by atoms with Crippen LogP contribution in [0.15, 0.2) is 59.8 Å². The lowest BCUT2D eigenvalue weighted by atomic mass is 10.1. The van der Waals surface area contributed by atoms with Crippen molar-refractivity contribution in [3.63, 3.8) is 0 Å². The van der Waals surface area contributed by atoms with E-state index in [9.17, 15) is 0 Å². The Balaban J connectivity index is 1.19. The number of rotatable bonds is 9. The number of ether oxygens (including phenoxy) is 1. The molecule has 0 saturated carbocycles. The number of hydrogen-bond donors (Lipinski definition) is 1. The summed E-state index contributed by atoms with van der Waals surface area (Å²) in [6.45, 7) is 7.34. The van der Waals surface area contributed by atoms with E-state index in [2.05, 4.69) is 74.4 Å². The minimum absolute atomic E-state index is 0.489. The molecule has 2 fully saturated rings. The van der Waals surface area contributed by atoms with Gasteiger partial charge >= 0.3 is 0 Å². The third kappa shape index (κ3) is 6.19. The van der Waals surface area contributed by atoms with Crippen molar-refractivity contribution < 1.29 is 4.74 Å². The van der Waals surface area contributed by atoms with Crippen molar-refractivity contribution in [2.75, 3.05) is 48.0 Å². The smallest absolute Gasteiger partial charge is 0.250 e. The Bertz CT molecular complexity index is 1400. The number of para-hydroxylation sites is 1. The average Bonchev–Trinajstić information content (AvgIpc) is 3.36. The lowest BCUT2D eigenvalue weighted by molar-refractivity contribution is 0.300. The average molecular weight is 539 g/mol. The van der Waals surface area contributed by atoms with E-state index in [1.807, 2.05) is 18.3 Å². The first-order chi connectivity index (χ1) is 19.7. The van der Waals surface area contributed by atoms with E-state index >= 15 is 0 Å². The fraction of sp³-hybridized carbons (Fsp3) is 0.419. The summed E-state index contributed by atoms with van der Waals surface area (Å²) in [5.41, 5.74) is 6.52. The minimum Gasteiger partial charge on any atom is -0.492 e. The van der Waals surface area contributed by atoms with Crippen molar-refractivity contribution in [1.82, 2.24) is 19.5 Å². The maximum atomic E-state index is 5.99. The molecular weight excluding hydrogens is 500 g/mol. The predicted octanol–water partition coefficient (Wildman–Crippen LogP) is 5.64. The molecule has 208 valence electrons. The summed E-state index contributed by atoms with van der Waals surface area (Å²) in [6.07, 6.45) is 11.2. The summed E-state index contributed by atoms with van der Waals surface area (Å²) in [5.74, 6) is 2.87. The number of fused-ring (bicyclic) bond motifs is 1. The Kier molecular flexibility index (Phi) is 8.07. The molecule has 2 aromatic heterocycles. The molecule has 0 unspecified atom stereocenters. The SMILES string of the molecule is Cc1ccc(OCCn2cc(/C=N/Nc3nc(N4CCCCC4)nc(N4CCCCC4)n3)c3ccccc32)cc1. The summed E-state index contributed by atoms with van der Waals surface area (Å²) in [7, 11) is 0. The molecule has 2 aliphatic heterocycles. The Labute approximate surface area is 235 Å². The predicted molar refractivity (Wildman–Crippen MR) is 162 cm³/mol. The number of anilines is 3. The molecule has 2 aliphatic rings. The van der Waals surface area contributed by atoms with Crippen molar-refractivity contribution in [2.24, 2.45) is 5.10 Å². The number of nitrogens with one attached hydrogen (secondary N) is 1. The molecule has 0 radical (unpaired) electrons. The highest BCUT2D eigenvalue weighted by Crippen LogP contribution is 2.23. The van der Waals surface area contributed by atoms with Crippen molar-refractivity contribution in [3.8, 4) is 5.75 Å². The van der Waals surface area contributed by atoms with Gasteiger partial charge in [0.1, 0.15) is 12.4 Å². The largest absolute Gasteiger partial charge is 0.492 e. The Hall–Kier alpha value is -4.14. The molecule has 0 amide bonds. The molecule has 0 bridgehead atoms. The molecule has 6 rings (SSSR count). The van der Waals surface area contributed by atoms with E-state index in [-0.39, 0.29) is 0 Å². The summed E-state index contributed by atoms with van der Waals surface area (Å²) in [5, 5.41) is 5.72. The molecule has 2 aromatic carbocycles. The molecule has 4 aromatic rings. The molecule has 4 heterocycles. The molecule has 0 spiro atoms. The van der Waals surface area contributed by atoms with Gasteiger partial charge in [-0.25, -0.2) is 5.43 Å². The highest BCUT2D eigenvalue weighted by molar-refractivity contribution is 5.99. The molecule has 1 N–H and O–H groups in total. The summed E-state index contributed by atoms with van der Waals surface area (Å²) in [6, 6.07) is 16.5. The fourth-order valence-electron chi connectivity index (χ4n) is 5.49. The van der Waals surface area contributed by atoms with Crippen molar-refractivity contribution >= 4 is 35.0 Å². The highest BCUT2D eigenvalue weighted by Gasteiger charge is 2.20. The topological polar surface area (TPSA) is 83.7 Å². The van der Waals surface area contributed by atoms with Gasteiger partial charge in [-0.05, 0) is 63.6 Å². The zero-order chi connectivity index (χ0) is 27.1. The Morgan fingerprint density at radius 3 is 2.15 bits per heavy atom. The maximum absolute atomic E-state index is 5.99. The first kappa shape index (κ1) is 26.1. The maximum Gasteiger partial charge on any atom is 0.250 e. The minimum atomic E-state index is 0.489. The van der Waals surface area contributed by atoms with Crippen LogP contribution in [0.3, 0.4) is 0 Å². The summed E-state index contributed by atoms with van der Waals surface area (Å²) < 4.78 is 8.21. The van der Waals surface area contributed by atoms with Gasteiger partial charge in [0.2, 0.25) is 17.8 Å². The second kappa shape index (κ2) is 12.4. The van der Waals surface area contributed by atoms with E-state index in [0.717, 1.165) is 66.8 Å². The third-order valence-electron chi connectivity index (χ3n) is 7.70. The Morgan fingerprint density at radius 1 is 0.825 bits per heavy atom. The van der Waals surface area contributed by atoms with Crippen LogP contribution in [0.1, 0.15) is 49.7 Å². The van der Waals surface area contributed by atoms with Crippen molar-refractivity contribution in [1.29, 1.82) is 0 Å². The van der Waals surface area contributed by atoms with Gasteiger partial charge < -0.3 is 19.1 Å². The highest BCUT2D eigenvalue weighted by atomic mass is 16.5. The van der Waals surface area contributed by atoms with Gasteiger partial charge in [0.25, 0.3) is 0 Å². The molecule has 0 aliphatic carbocycles. The lowest BCUT2D eigenvalue weighted by Crippen LogP contribution is -2.34. The number of hydrazone groups is 1. The summed E-state index contributed by atoms with van der Waals surface area (Å²) in [4.78, 5) is 18.9. The van der Waals surface area contributed by atoms with Gasteiger partial charge in [0, 0.05) is 48.8 Å². The molecule has 9 heteroatoms. The number of hydrogen-bond acceptors (Lipinski definition) is 8. The van der Waals surface area contributed by atoms with Gasteiger partial charge in [0.05, 0.1) is 12.8 Å². The zero-order valence-corrected chi connectivity index (χ0v) is 23.3. The van der Waals surface area contributed by atoms with Gasteiger partial charge in [-0.15, -0.1) is 0 Å². The van der Waals surface area contributed by atoms with Crippen LogP contribution < -0.4 is 20.0 Å². The second-order valence-electron chi connectivity index (χ2n) is 10.7. The molecule has 0 atom stereocenters. The number of aromatic nitrogens is 4. The van der Waals surface area contributed by atoms with E-state index in [1.165, 1.54) is 44.1 Å². The number of benzene rings is 2. The second-order valence-corrected chi connectivity index (χ2v) is 10.7. The molecule has 2 saturated heterocycles. The van der Waals surface area contributed by atoms with Crippen LogP contribution in [-0.2, 0) is 6.54 Å².